The Bertz CT molecular complexity index is 268. The van der Waals surface area contributed by atoms with E-state index in [2.05, 4.69) is 33.8 Å². The summed E-state index contributed by atoms with van der Waals surface area (Å²) in [6.45, 7) is 13.8. The molecule has 0 aromatic heterocycles. The summed E-state index contributed by atoms with van der Waals surface area (Å²) in [6, 6.07) is 0. The first-order valence-electron chi connectivity index (χ1n) is 6.55. The largest absolute Gasteiger partial charge is 0.490 e. The summed E-state index contributed by atoms with van der Waals surface area (Å²) in [4.78, 5) is 0. The van der Waals surface area contributed by atoms with E-state index in [9.17, 15) is 0 Å². The zero-order valence-electron chi connectivity index (χ0n) is 12.0. The highest BCUT2D eigenvalue weighted by Gasteiger charge is 2.52. The van der Waals surface area contributed by atoms with Crippen molar-refractivity contribution < 1.29 is 14.0 Å². The van der Waals surface area contributed by atoms with Crippen LogP contribution in [-0.2, 0) is 14.0 Å². The molecular weight excluding hydrogens is 215 g/mol. The van der Waals surface area contributed by atoms with E-state index in [1.165, 1.54) is 5.47 Å². The molecule has 2 rings (SSSR count). The Labute approximate surface area is 106 Å². The van der Waals surface area contributed by atoms with Crippen molar-refractivity contribution in [2.45, 2.75) is 59.2 Å². The fraction of sp³-hybridized carbons (Fsp3) is 0.846. The lowest BCUT2D eigenvalue weighted by Crippen LogP contribution is -2.41. The topological polar surface area (TPSA) is 27.7 Å². The number of rotatable bonds is 1. The van der Waals surface area contributed by atoms with E-state index in [0.717, 1.165) is 13.0 Å². The van der Waals surface area contributed by atoms with Gasteiger partial charge in [-0.2, -0.15) is 0 Å². The number of hydrogen-bond donors (Lipinski definition) is 0. The second kappa shape index (κ2) is 5.55. The zero-order chi connectivity index (χ0) is 13.1. The highest BCUT2D eigenvalue weighted by atomic mass is 16.7. The molecule has 0 aliphatic carbocycles. The molecule has 4 heteroatoms. The van der Waals surface area contributed by atoms with Crippen LogP contribution >= 0.6 is 0 Å². The number of ether oxygens (including phenoxy) is 1. The molecule has 0 aromatic carbocycles. The van der Waals surface area contributed by atoms with Gasteiger partial charge in [0.1, 0.15) is 0 Å². The van der Waals surface area contributed by atoms with E-state index in [0.29, 0.717) is 6.61 Å². The van der Waals surface area contributed by atoms with Gasteiger partial charge in [0.2, 0.25) is 0 Å². The van der Waals surface area contributed by atoms with Crippen LogP contribution in [0.25, 0.3) is 0 Å². The van der Waals surface area contributed by atoms with Crippen molar-refractivity contribution in [1.82, 2.24) is 0 Å². The maximum atomic E-state index is 5.96. The Balaban J connectivity index is 0.000000686. The van der Waals surface area contributed by atoms with Crippen LogP contribution in [0, 0.1) is 0 Å². The van der Waals surface area contributed by atoms with E-state index in [1.54, 1.807) is 0 Å². The van der Waals surface area contributed by atoms with Crippen LogP contribution in [0.3, 0.4) is 0 Å². The normalized spacial score (nSPS) is 26.0. The molecule has 2 aliphatic rings. The first-order valence-corrected chi connectivity index (χ1v) is 6.55. The van der Waals surface area contributed by atoms with E-state index in [-0.39, 0.29) is 18.3 Å². The highest BCUT2D eigenvalue weighted by molar-refractivity contribution is 6.54. The van der Waals surface area contributed by atoms with Crippen LogP contribution in [0.15, 0.2) is 11.5 Å². The lowest BCUT2D eigenvalue weighted by atomic mass is 9.75. The molecular formula is C13H25BO3. The van der Waals surface area contributed by atoms with Crippen LogP contribution in [0.2, 0.25) is 0 Å². The van der Waals surface area contributed by atoms with Gasteiger partial charge in [-0.3, -0.25) is 0 Å². The van der Waals surface area contributed by atoms with E-state index in [1.807, 2.05) is 13.8 Å². The van der Waals surface area contributed by atoms with Gasteiger partial charge in [0.25, 0.3) is 0 Å². The third-order valence-electron chi connectivity index (χ3n) is 3.55. The highest BCUT2D eigenvalue weighted by Crippen LogP contribution is 2.39. The fourth-order valence-electron chi connectivity index (χ4n) is 1.75. The van der Waals surface area contributed by atoms with Crippen LogP contribution in [-0.4, -0.2) is 31.5 Å². The van der Waals surface area contributed by atoms with Crippen LogP contribution in [0.1, 0.15) is 48.0 Å². The minimum Gasteiger partial charge on any atom is -0.400 e. The van der Waals surface area contributed by atoms with Gasteiger partial charge in [0, 0.05) is 0 Å². The van der Waals surface area contributed by atoms with Crippen molar-refractivity contribution in [2.24, 2.45) is 0 Å². The summed E-state index contributed by atoms with van der Waals surface area (Å²) in [5.41, 5.74) is 0.744. The fourth-order valence-corrected chi connectivity index (χ4v) is 1.75. The standard InChI is InChI=1S/C11H19BO3.C2H6/c1-10(2)11(3,4)15-12(14-10)9-5-7-13-8-6-9;1-2/h5H,6-8H2,1-4H3;1-2H3. The Hall–Kier alpha value is -0.315. The van der Waals surface area contributed by atoms with E-state index in [4.69, 9.17) is 14.0 Å². The Morgan fingerprint density at radius 1 is 1.06 bits per heavy atom. The molecule has 2 heterocycles. The average Bonchev–Trinajstić information content (AvgIpc) is 2.52. The maximum absolute atomic E-state index is 5.96. The minimum atomic E-state index is -0.239. The quantitative estimate of drug-likeness (QED) is 0.659. The molecule has 0 unspecified atom stereocenters. The van der Waals surface area contributed by atoms with Crippen LogP contribution < -0.4 is 0 Å². The molecule has 2 aliphatic heterocycles. The average molecular weight is 240 g/mol. The van der Waals surface area contributed by atoms with Crippen molar-refractivity contribution in [3.63, 3.8) is 0 Å². The molecule has 0 amide bonds. The molecule has 0 aromatic rings. The summed E-state index contributed by atoms with van der Waals surface area (Å²) >= 11 is 0. The molecule has 0 bridgehead atoms. The molecule has 0 radical (unpaired) electrons. The summed E-state index contributed by atoms with van der Waals surface area (Å²) in [6.07, 6.45) is 2.99. The smallest absolute Gasteiger partial charge is 0.400 e. The van der Waals surface area contributed by atoms with Gasteiger partial charge in [-0.1, -0.05) is 19.9 Å². The predicted octanol–water partition coefficient (Wildman–Crippen LogP) is 2.99. The molecule has 0 saturated carbocycles. The molecule has 1 fully saturated rings. The Kier molecular flexibility index (Phi) is 4.81. The van der Waals surface area contributed by atoms with Crippen LogP contribution in [0.5, 0.6) is 0 Å². The van der Waals surface area contributed by atoms with Crippen molar-refractivity contribution in [1.29, 1.82) is 0 Å². The number of hydrogen-bond acceptors (Lipinski definition) is 3. The van der Waals surface area contributed by atoms with Gasteiger partial charge >= 0.3 is 7.12 Å². The van der Waals surface area contributed by atoms with Gasteiger partial charge in [-0.05, 0) is 39.6 Å². The van der Waals surface area contributed by atoms with E-state index >= 15 is 0 Å². The van der Waals surface area contributed by atoms with Crippen molar-refractivity contribution in [3.05, 3.63) is 11.5 Å². The summed E-state index contributed by atoms with van der Waals surface area (Å²) in [7, 11) is -0.182. The first kappa shape index (κ1) is 14.7. The molecule has 1 saturated heterocycles. The minimum absolute atomic E-state index is 0.182. The molecule has 3 nitrogen and oxygen atoms in total. The van der Waals surface area contributed by atoms with E-state index < -0.39 is 0 Å². The Morgan fingerprint density at radius 2 is 1.59 bits per heavy atom. The Morgan fingerprint density at radius 3 is 2.00 bits per heavy atom. The molecule has 17 heavy (non-hydrogen) atoms. The van der Waals surface area contributed by atoms with Gasteiger partial charge in [-0.25, -0.2) is 0 Å². The SMILES string of the molecule is CC.CC1(C)OB(C2=CCOCC2)OC1(C)C. The van der Waals surface area contributed by atoms with Crippen molar-refractivity contribution in [3.8, 4) is 0 Å². The lowest BCUT2D eigenvalue weighted by molar-refractivity contribution is 0.00578. The third kappa shape index (κ3) is 3.12. The second-order valence-corrected chi connectivity index (χ2v) is 5.19. The molecule has 98 valence electrons. The van der Waals surface area contributed by atoms with Gasteiger partial charge in [-0.15, -0.1) is 0 Å². The first-order chi connectivity index (χ1) is 7.92. The van der Waals surface area contributed by atoms with Gasteiger partial charge in [0.15, 0.2) is 0 Å². The lowest BCUT2D eigenvalue weighted by Gasteiger charge is -2.32. The summed E-state index contributed by atoms with van der Waals surface area (Å²) in [5.74, 6) is 0. The summed E-state index contributed by atoms with van der Waals surface area (Å²) < 4.78 is 17.2. The molecule has 0 N–H and O–H groups in total. The van der Waals surface area contributed by atoms with Crippen LogP contribution in [0.4, 0.5) is 0 Å². The van der Waals surface area contributed by atoms with Gasteiger partial charge < -0.3 is 14.0 Å². The maximum Gasteiger partial charge on any atom is 0.490 e. The zero-order valence-corrected chi connectivity index (χ0v) is 12.0. The third-order valence-corrected chi connectivity index (χ3v) is 3.55. The van der Waals surface area contributed by atoms with Gasteiger partial charge in [0.05, 0.1) is 24.4 Å². The summed E-state index contributed by atoms with van der Waals surface area (Å²) in [5, 5.41) is 0. The second-order valence-electron chi connectivity index (χ2n) is 5.19. The van der Waals surface area contributed by atoms with Crippen molar-refractivity contribution in [2.75, 3.05) is 13.2 Å². The predicted molar refractivity (Wildman–Crippen MR) is 70.9 cm³/mol. The molecule has 0 spiro atoms. The van der Waals surface area contributed by atoms with Crippen molar-refractivity contribution >= 4 is 7.12 Å². The molecule has 0 atom stereocenters. The monoisotopic (exact) mass is 240 g/mol.